The second kappa shape index (κ2) is 11.0. The largest absolute Gasteiger partial charge is 0.364 e. The fraction of sp³-hybridized carbons (Fsp3) is 0.636. The highest BCUT2D eigenvalue weighted by molar-refractivity contribution is 5.31. The van der Waals surface area contributed by atoms with Crippen molar-refractivity contribution in [2.75, 3.05) is 66.5 Å². The molecule has 4 aliphatic rings. The smallest absolute Gasteiger partial charge is 0.299 e. The minimum Gasteiger partial charge on any atom is -0.364 e. The molecule has 0 aromatic heterocycles. The van der Waals surface area contributed by atoms with Gasteiger partial charge in [-0.1, -0.05) is 24.3 Å². The van der Waals surface area contributed by atoms with Crippen LogP contribution in [-0.2, 0) is 0 Å². The lowest BCUT2D eigenvalue weighted by Crippen LogP contribution is -2.62. The molecular formula is C22H37N7O2. The SMILES string of the molecule is C1CNCCN1.CN(C)C1([N+](=O)[O-])C=CC(NC2(N3CCNCC3)C=CC=CC2)=CC1. The molecule has 4 N–H and O–H groups in total. The van der Waals surface area contributed by atoms with E-state index in [0.717, 1.165) is 64.5 Å². The summed E-state index contributed by atoms with van der Waals surface area (Å²) in [6.45, 7) is 8.44. The van der Waals surface area contributed by atoms with Crippen LogP contribution in [0.1, 0.15) is 12.8 Å². The Kier molecular flexibility index (Phi) is 8.39. The molecule has 0 saturated carbocycles. The fourth-order valence-corrected chi connectivity index (χ4v) is 4.28. The summed E-state index contributed by atoms with van der Waals surface area (Å²) in [6.07, 6.45) is 15.2. The maximum Gasteiger partial charge on any atom is 0.299 e. The van der Waals surface area contributed by atoms with Gasteiger partial charge in [-0.25, -0.2) is 4.90 Å². The fourth-order valence-electron chi connectivity index (χ4n) is 4.28. The summed E-state index contributed by atoms with van der Waals surface area (Å²) in [5, 5.41) is 25.0. The van der Waals surface area contributed by atoms with Crippen LogP contribution >= 0.6 is 0 Å². The van der Waals surface area contributed by atoms with E-state index in [-0.39, 0.29) is 10.6 Å². The van der Waals surface area contributed by atoms with Crippen LogP contribution in [0.2, 0.25) is 0 Å². The van der Waals surface area contributed by atoms with Gasteiger partial charge in [0.15, 0.2) is 0 Å². The van der Waals surface area contributed by atoms with Crippen molar-refractivity contribution in [2.24, 2.45) is 0 Å². The maximum atomic E-state index is 11.6. The predicted octanol–water partition coefficient (Wildman–Crippen LogP) is 0.251. The lowest BCUT2D eigenvalue weighted by atomic mass is 9.94. The zero-order chi connectivity index (χ0) is 22.2. The number of likely N-dealkylation sites (N-methyl/N-ethyl adjacent to an activating group) is 1. The lowest BCUT2D eigenvalue weighted by Gasteiger charge is -2.46. The molecule has 172 valence electrons. The molecule has 0 radical (unpaired) electrons. The number of hydrogen-bond donors (Lipinski definition) is 4. The number of nitrogens with one attached hydrogen (secondary N) is 4. The van der Waals surface area contributed by atoms with E-state index in [9.17, 15) is 10.1 Å². The number of nitro groups is 1. The molecule has 4 rings (SSSR count). The Morgan fingerprint density at radius 3 is 2.10 bits per heavy atom. The van der Waals surface area contributed by atoms with Crippen LogP contribution in [0.25, 0.3) is 0 Å². The number of nitrogens with zero attached hydrogens (tertiary/aromatic N) is 3. The van der Waals surface area contributed by atoms with Gasteiger partial charge in [-0.05, 0) is 26.2 Å². The Hall–Kier alpha value is -2.04. The third-order valence-electron chi connectivity index (χ3n) is 6.29. The molecule has 9 heteroatoms. The van der Waals surface area contributed by atoms with Gasteiger partial charge in [0.25, 0.3) is 5.66 Å². The van der Waals surface area contributed by atoms with E-state index in [0.29, 0.717) is 6.42 Å². The average Bonchev–Trinajstić information content (AvgIpc) is 2.82. The molecule has 0 aromatic rings. The summed E-state index contributed by atoms with van der Waals surface area (Å²) in [6, 6.07) is 0. The lowest BCUT2D eigenvalue weighted by molar-refractivity contribution is -0.582. The Bertz CT molecular complexity index is 712. The van der Waals surface area contributed by atoms with Crippen molar-refractivity contribution in [1.82, 2.24) is 31.1 Å². The second-order valence-electron chi connectivity index (χ2n) is 8.50. The van der Waals surface area contributed by atoms with Gasteiger partial charge in [0.1, 0.15) is 5.66 Å². The van der Waals surface area contributed by atoms with Crippen molar-refractivity contribution in [2.45, 2.75) is 24.2 Å². The van der Waals surface area contributed by atoms with Crippen molar-refractivity contribution < 1.29 is 4.92 Å². The second-order valence-corrected chi connectivity index (χ2v) is 8.50. The van der Waals surface area contributed by atoms with E-state index >= 15 is 0 Å². The van der Waals surface area contributed by atoms with Crippen molar-refractivity contribution >= 4 is 0 Å². The van der Waals surface area contributed by atoms with Crippen LogP contribution in [-0.4, -0.2) is 92.5 Å². The number of piperazine rings is 2. The standard InChI is InChI=1S/C18H27N5O2.C4H10N2/c1-21(2)18(23(24)25)10-6-16(7-11-18)20-17(8-4-3-5-9-17)22-14-12-19-13-15-22;1-2-6-4-3-5-1/h3-8,10,19-20H,9,11-15H2,1-2H3;5-6H,1-4H2. The van der Waals surface area contributed by atoms with Gasteiger partial charge in [-0.2, -0.15) is 0 Å². The number of hydrogen-bond acceptors (Lipinski definition) is 8. The minimum atomic E-state index is -1.16. The van der Waals surface area contributed by atoms with E-state index < -0.39 is 5.66 Å². The van der Waals surface area contributed by atoms with Crippen LogP contribution in [0.4, 0.5) is 0 Å². The highest BCUT2D eigenvalue weighted by Crippen LogP contribution is 2.29. The number of allylic oxidation sites excluding steroid dienone is 3. The van der Waals surface area contributed by atoms with Crippen molar-refractivity contribution in [1.29, 1.82) is 0 Å². The van der Waals surface area contributed by atoms with E-state index in [1.807, 2.05) is 12.2 Å². The summed E-state index contributed by atoms with van der Waals surface area (Å²) >= 11 is 0. The maximum absolute atomic E-state index is 11.6. The first-order valence-electron chi connectivity index (χ1n) is 11.2. The van der Waals surface area contributed by atoms with Crippen LogP contribution < -0.4 is 21.3 Å². The predicted molar refractivity (Wildman–Crippen MR) is 124 cm³/mol. The normalized spacial score (nSPS) is 31.0. The monoisotopic (exact) mass is 431 g/mol. The first kappa shape index (κ1) is 23.6. The molecule has 2 unspecified atom stereocenters. The van der Waals surface area contributed by atoms with Gasteiger partial charge in [-0.3, -0.25) is 15.0 Å². The van der Waals surface area contributed by atoms with Crippen molar-refractivity contribution in [3.63, 3.8) is 0 Å². The summed E-state index contributed by atoms with van der Waals surface area (Å²) < 4.78 is 0. The third kappa shape index (κ3) is 5.81. The first-order chi connectivity index (χ1) is 15.0. The molecule has 2 atom stereocenters. The topological polar surface area (TPSA) is 97.7 Å². The highest BCUT2D eigenvalue weighted by Gasteiger charge is 2.44. The molecular weight excluding hydrogens is 394 g/mol. The summed E-state index contributed by atoms with van der Waals surface area (Å²) in [5.41, 5.74) is -0.479. The van der Waals surface area contributed by atoms with Gasteiger partial charge in [0.2, 0.25) is 0 Å². The van der Waals surface area contributed by atoms with Crippen LogP contribution in [0, 0.1) is 10.1 Å². The zero-order valence-electron chi connectivity index (χ0n) is 18.8. The highest BCUT2D eigenvalue weighted by atomic mass is 16.6. The Labute approximate surface area is 185 Å². The quantitative estimate of drug-likeness (QED) is 0.279. The van der Waals surface area contributed by atoms with E-state index in [1.54, 1.807) is 25.1 Å². The molecule has 9 nitrogen and oxygen atoms in total. The summed E-state index contributed by atoms with van der Waals surface area (Å²) in [7, 11) is 3.49. The number of rotatable bonds is 5. The third-order valence-corrected chi connectivity index (χ3v) is 6.29. The van der Waals surface area contributed by atoms with E-state index in [2.05, 4.69) is 50.5 Å². The van der Waals surface area contributed by atoms with Gasteiger partial charge >= 0.3 is 0 Å². The minimum absolute atomic E-state index is 0.216. The molecule has 2 fully saturated rings. The van der Waals surface area contributed by atoms with Gasteiger partial charge in [-0.15, -0.1) is 0 Å². The zero-order valence-corrected chi connectivity index (χ0v) is 18.8. The molecule has 2 saturated heterocycles. The van der Waals surface area contributed by atoms with E-state index in [4.69, 9.17) is 0 Å². The summed E-state index contributed by atoms with van der Waals surface area (Å²) in [5.74, 6) is 0. The Balaban J connectivity index is 0.000000391. The van der Waals surface area contributed by atoms with Crippen LogP contribution in [0.15, 0.2) is 48.2 Å². The van der Waals surface area contributed by atoms with Crippen molar-refractivity contribution in [3.05, 3.63) is 58.3 Å². The van der Waals surface area contributed by atoms with E-state index in [1.165, 1.54) is 0 Å². The van der Waals surface area contributed by atoms with Gasteiger partial charge < -0.3 is 21.3 Å². The average molecular weight is 432 g/mol. The molecule has 2 aliphatic heterocycles. The molecule has 2 aliphatic carbocycles. The van der Waals surface area contributed by atoms with Crippen LogP contribution in [0.3, 0.4) is 0 Å². The molecule has 0 aromatic carbocycles. The summed E-state index contributed by atoms with van der Waals surface area (Å²) in [4.78, 5) is 15.4. The Morgan fingerprint density at radius 2 is 1.65 bits per heavy atom. The van der Waals surface area contributed by atoms with Crippen molar-refractivity contribution in [3.8, 4) is 0 Å². The molecule has 0 bridgehead atoms. The van der Waals surface area contributed by atoms with Gasteiger partial charge in [0.05, 0.1) is 6.42 Å². The first-order valence-corrected chi connectivity index (χ1v) is 11.2. The van der Waals surface area contributed by atoms with Gasteiger partial charge in [0, 0.05) is 75.5 Å². The molecule has 2 heterocycles. The van der Waals surface area contributed by atoms with Crippen LogP contribution in [0.5, 0.6) is 0 Å². The molecule has 0 spiro atoms. The molecule has 31 heavy (non-hydrogen) atoms. The molecule has 0 amide bonds. The Morgan fingerprint density at radius 1 is 1.00 bits per heavy atom.